The largest absolute Gasteiger partial charge is 0.431 e. The van der Waals surface area contributed by atoms with E-state index in [-0.39, 0.29) is 11.9 Å². The van der Waals surface area contributed by atoms with Gasteiger partial charge in [-0.25, -0.2) is 4.98 Å². The van der Waals surface area contributed by atoms with Crippen LogP contribution in [0.4, 0.5) is 0 Å². The Labute approximate surface area is 133 Å². The second-order valence-electron chi connectivity index (χ2n) is 5.60. The van der Waals surface area contributed by atoms with E-state index in [1.807, 2.05) is 34.5 Å². The zero-order chi connectivity index (χ0) is 14.9. The summed E-state index contributed by atoms with van der Waals surface area (Å²) in [5, 5.41) is 2.48. The first-order chi connectivity index (χ1) is 10.8. The van der Waals surface area contributed by atoms with E-state index in [1.54, 1.807) is 6.20 Å². The molecule has 0 unspecified atom stereocenters. The Balaban J connectivity index is 1.51. The lowest BCUT2D eigenvalue weighted by atomic mass is 10.1. The summed E-state index contributed by atoms with van der Waals surface area (Å²) in [6, 6.07) is 7.98. The molecule has 1 saturated heterocycles. The zero-order valence-corrected chi connectivity index (χ0v) is 12.8. The van der Waals surface area contributed by atoms with Crippen molar-refractivity contribution in [3.05, 3.63) is 53.6 Å². The second-order valence-corrected chi connectivity index (χ2v) is 6.46. The summed E-state index contributed by atoms with van der Waals surface area (Å²) in [5.74, 6) is 0.825. The highest BCUT2D eigenvalue weighted by Gasteiger charge is 2.37. The maximum atomic E-state index is 12.7. The van der Waals surface area contributed by atoms with Crippen molar-refractivity contribution >= 4 is 17.2 Å². The molecule has 112 valence electrons. The van der Waals surface area contributed by atoms with E-state index in [9.17, 15) is 4.79 Å². The van der Waals surface area contributed by atoms with Crippen LogP contribution in [0.1, 0.15) is 29.6 Å². The van der Waals surface area contributed by atoms with Gasteiger partial charge in [0.2, 0.25) is 0 Å². The van der Waals surface area contributed by atoms with Crippen molar-refractivity contribution in [2.75, 3.05) is 0 Å². The molecule has 0 saturated carbocycles. The van der Waals surface area contributed by atoms with E-state index in [1.165, 1.54) is 11.3 Å². The third-order valence-corrected chi connectivity index (χ3v) is 4.91. The molecule has 2 aliphatic rings. The lowest BCUT2D eigenvalue weighted by Crippen LogP contribution is -2.42. The Hall–Kier alpha value is -2.14. The lowest BCUT2D eigenvalue weighted by Gasteiger charge is -2.31. The van der Waals surface area contributed by atoms with Gasteiger partial charge in [-0.1, -0.05) is 23.5 Å². The number of thiazole rings is 1. The molecule has 0 N–H and O–H groups in total. The van der Waals surface area contributed by atoms with Gasteiger partial charge in [-0.15, -0.1) is 0 Å². The van der Waals surface area contributed by atoms with E-state index >= 15 is 0 Å². The van der Waals surface area contributed by atoms with E-state index in [4.69, 9.17) is 4.74 Å². The summed E-state index contributed by atoms with van der Waals surface area (Å²) in [5.41, 5.74) is 0.721. The third kappa shape index (κ3) is 2.41. The highest BCUT2D eigenvalue weighted by molar-refractivity contribution is 7.11. The number of nitrogens with zero attached hydrogens (tertiary/aromatic N) is 2. The zero-order valence-electron chi connectivity index (χ0n) is 12.0. The standard InChI is InChI=1S/C17H16N2O2S/c20-16(19-13-2-1-3-14(19)7-6-13)12-4-8-15(9-5-12)21-17-18-10-11-22-17/h1-2,4-5,8-11,13-14H,3,6-7H2/t13-,14-/m0/s1. The summed E-state index contributed by atoms with van der Waals surface area (Å²) in [4.78, 5) is 18.9. The molecule has 1 fully saturated rings. The molecule has 1 aromatic carbocycles. The maximum Gasteiger partial charge on any atom is 0.278 e. The van der Waals surface area contributed by atoms with Crippen molar-refractivity contribution < 1.29 is 9.53 Å². The van der Waals surface area contributed by atoms with Crippen molar-refractivity contribution in [2.24, 2.45) is 0 Å². The summed E-state index contributed by atoms with van der Waals surface area (Å²) in [7, 11) is 0. The predicted molar refractivity (Wildman–Crippen MR) is 85.4 cm³/mol. The number of carbonyl (C=O) groups is 1. The summed E-state index contributed by atoms with van der Waals surface area (Å²) >= 11 is 1.44. The molecule has 22 heavy (non-hydrogen) atoms. The fourth-order valence-corrected chi connectivity index (χ4v) is 3.72. The van der Waals surface area contributed by atoms with Crippen LogP contribution in [0.2, 0.25) is 0 Å². The number of hydrogen-bond acceptors (Lipinski definition) is 4. The topological polar surface area (TPSA) is 42.4 Å². The van der Waals surface area contributed by atoms with Crippen molar-refractivity contribution in [1.82, 2.24) is 9.88 Å². The molecular formula is C17H16N2O2S. The number of rotatable bonds is 3. The molecule has 5 heteroatoms. The molecule has 0 radical (unpaired) electrons. The van der Waals surface area contributed by atoms with Gasteiger partial charge in [0.05, 0.1) is 6.04 Å². The van der Waals surface area contributed by atoms with Crippen LogP contribution in [0.25, 0.3) is 0 Å². The van der Waals surface area contributed by atoms with Crippen LogP contribution < -0.4 is 4.74 Å². The third-order valence-electron chi connectivity index (χ3n) is 4.26. The minimum absolute atomic E-state index is 0.123. The van der Waals surface area contributed by atoms with Gasteiger partial charge in [0.15, 0.2) is 0 Å². The highest BCUT2D eigenvalue weighted by Crippen LogP contribution is 2.33. The van der Waals surface area contributed by atoms with Gasteiger partial charge in [0.25, 0.3) is 11.1 Å². The van der Waals surface area contributed by atoms with Gasteiger partial charge in [-0.3, -0.25) is 4.79 Å². The monoisotopic (exact) mass is 312 g/mol. The molecule has 2 aliphatic heterocycles. The average Bonchev–Trinajstić information content (AvgIpc) is 3.13. The number of fused-ring (bicyclic) bond motifs is 2. The Morgan fingerprint density at radius 1 is 1.27 bits per heavy atom. The minimum atomic E-state index is 0.123. The molecule has 1 aromatic heterocycles. The molecule has 2 aromatic rings. The summed E-state index contributed by atoms with van der Waals surface area (Å²) in [6.45, 7) is 0. The van der Waals surface area contributed by atoms with Crippen LogP contribution in [0.5, 0.6) is 10.9 Å². The van der Waals surface area contributed by atoms with Crippen molar-refractivity contribution in [2.45, 2.75) is 31.3 Å². The fraction of sp³-hybridized carbons (Fsp3) is 0.294. The van der Waals surface area contributed by atoms with Crippen molar-refractivity contribution in [3.63, 3.8) is 0 Å². The first kappa shape index (κ1) is 13.5. The lowest BCUT2D eigenvalue weighted by molar-refractivity contribution is 0.0689. The van der Waals surface area contributed by atoms with Crippen LogP contribution in [0.15, 0.2) is 48.0 Å². The van der Waals surface area contributed by atoms with Crippen LogP contribution in [-0.4, -0.2) is 27.9 Å². The van der Waals surface area contributed by atoms with E-state index < -0.39 is 0 Å². The van der Waals surface area contributed by atoms with E-state index in [2.05, 4.69) is 17.1 Å². The second kappa shape index (κ2) is 5.57. The smallest absolute Gasteiger partial charge is 0.278 e. The quantitative estimate of drug-likeness (QED) is 0.808. The average molecular weight is 312 g/mol. The first-order valence-electron chi connectivity index (χ1n) is 7.48. The molecule has 3 heterocycles. The number of ether oxygens (including phenoxy) is 1. The van der Waals surface area contributed by atoms with Gasteiger partial charge in [-0.05, 0) is 43.5 Å². The van der Waals surface area contributed by atoms with Crippen LogP contribution >= 0.6 is 11.3 Å². The first-order valence-corrected chi connectivity index (χ1v) is 8.36. The maximum absolute atomic E-state index is 12.7. The Bertz CT molecular complexity index is 694. The van der Waals surface area contributed by atoms with Gasteiger partial charge in [0.1, 0.15) is 5.75 Å². The van der Waals surface area contributed by atoms with Crippen molar-refractivity contribution in [3.8, 4) is 10.9 Å². The van der Waals surface area contributed by atoms with Crippen molar-refractivity contribution in [1.29, 1.82) is 0 Å². The van der Waals surface area contributed by atoms with Gasteiger partial charge in [0, 0.05) is 23.2 Å². The molecule has 4 rings (SSSR count). The molecule has 2 atom stereocenters. The van der Waals surface area contributed by atoms with Gasteiger partial charge in [-0.2, -0.15) is 0 Å². The van der Waals surface area contributed by atoms with Crippen LogP contribution in [0, 0.1) is 0 Å². The van der Waals surface area contributed by atoms with E-state index in [0.29, 0.717) is 17.0 Å². The Kier molecular flexibility index (Phi) is 3.42. The number of hydrogen-bond donors (Lipinski definition) is 0. The number of amides is 1. The molecular weight excluding hydrogens is 296 g/mol. The van der Waals surface area contributed by atoms with Gasteiger partial charge >= 0.3 is 0 Å². The molecule has 1 amide bonds. The fourth-order valence-electron chi connectivity index (χ4n) is 3.22. The van der Waals surface area contributed by atoms with Gasteiger partial charge < -0.3 is 9.64 Å². The minimum Gasteiger partial charge on any atom is -0.431 e. The van der Waals surface area contributed by atoms with E-state index in [0.717, 1.165) is 24.8 Å². The summed E-state index contributed by atoms with van der Waals surface area (Å²) in [6.07, 6.45) is 9.25. The normalized spacial score (nSPS) is 22.8. The Morgan fingerprint density at radius 2 is 2.14 bits per heavy atom. The summed E-state index contributed by atoms with van der Waals surface area (Å²) < 4.78 is 5.62. The number of carbonyl (C=O) groups excluding carboxylic acids is 1. The van der Waals surface area contributed by atoms with Crippen LogP contribution in [-0.2, 0) is 0 Å². The molecule has 0 spiro atoms. The Morgan fingerprint density at radius 3 is 2.86 bits per heavy atom. The number of benzene rings is 1. The molecule has 2 bridgehead atoms. The molecule has 0 aliphatic carbocycles. The number of aromatic nitrogens is 1. The highest BCUT2D eigenvalue weighted by atomic mass is 32.1. The predicted octanol–water partition coefficient (Wildman–Crippen LogP) is 3.87. The molecule has 4 nitrogen and oxygen atoms in total. The SMILES string of the molecule is O=C(c1ccc(Oc2nccs2)cc1)N1[C@H]2CC=C[C@H]1CC2. The van der Waals surface area contributed by atoms with Crippen LogP contribution in [0.3, 0.4) is 0 Å².